The van der Waals surface area contributed by atoms with Gasteiger partial charge in [0.05, 0.1) is 0 Å². The largest absolute Gasteiger partial charge is 0.396 e. The number of hydrogen-bond donors (Lipinski definition) is 2. The van der Waals surface area contributed by atoms with Crippen LogP contribution in [0.3, 0.4) is 0 Å². The average molecular weight is 207 g/mol. The highest BCUT2D eigenvalue weighted by Gasteiger charge is 2.13. The summed E-state index contributed by atoms with van der Waals surface area (Å²) >= 11 is 0. The van der Waals surface area contributed by atoms with Gasteiger partial charge in [0, 0.05) is 12.6 Å². The summed E-state index contributed by atoms with van der Waals surface area (Å²) in [5.74, 6) is 0. The molecular weight excluding hydrogens is 186 g/mol. The van der Waals surface area contributed by atoms with Crippen LogP contribution in [0.25, 0.3) is 0 Å². The molecule has 1 aromatic rings. The summed E-state index contributed by atoms with van der Waals surface area (Å²) in [6.07, 6.45) is 0.620. The lowest BCUT2D eigenvalue weighted by Crippen LogP contribution is -2.14. The molecule has 0 heterocycles. The van der Waals surface area contributed by atoms with Gasteiger partial charge >= 0.3 is 0 Å². The Balaban J connectivity index is 2.81. The molecule has 0 radical (unpaired) electrons. The van der Waals surface area contributed by atoms with Crippen LogP contribution in [0.2, 0.25) is 0 Å². The normalized spacial score (nSPS) is 13.9. The third kappa shape index (κ3) is 3.33. The van der Waals surface area contributed by atoms with Crippen molar-refractivity contribution < 1.29 is 5.11 Å². The van der Waals surface area contributed by atoms with E-state index in [2.05, 4.69) is 45.0 Å². The van der Waals surface area contributed by atoms with Crippen LogP contribution in [0.15, 0.2) is 24.3 Å². The van der Waals surface area contributed by atoms with Crippen molar-refractivity contribution in [3.63, 3.8) is 0 Å². The molecule has 84 valence electrons. The predicted molar refractivity (Wildman–Crippen MR) is 63.8 cm³/mol. The highest BCUT2D eigenvalue weighted by Crippen LogP contribution is 2.23. The number of aliphatic hydroxyl groups excluding tert-OH is 1. The van der Waals surface area contributed by atoms with Gasteiger partial charge in [0.2, 0.25) is 0 Å². The van der Waals surface area contributed by atoms with Gasteiger partial charge in [-0.15, -0.1) is 0 Å². The van der Waals surface area contributed by atoms with Gasteiger partial charge in [0.15, 0.2) is 0 Å². The van der Waals surface area contributed by atoms with E-state index in [9.17, 15) is 0 Å². The minimum Gasteiger partial charge on any atom is -0.396 e. The van der Waals surface area contributed by atoms with Crippen molar-refractivity contribution in [3.05, 3.63) is 35.4 Å². The van der Waals surface area contributed by atoms with Gasteiger partial charge in [-0.1, -0.05) is 45.0 Å². The van der Waals surface area contributed by atoms with Gasteiger partial charge in [0.25, 0.3) is 0 Å². The molecule has 0 saturated heterocycles. The number of benzene rings is 1. The van der Waals surface area contributed by atoms with E-state index in [0.717, 1.165) is 5.56 Å². The first-order valence-electron chi connectivity index (χ1n) is 5.42. The fraction of sp³-hybridized carbons (Fsp3) is 0.538. The Labute approximate surface area is 92.1 Å². The monoisotopic (exact) mass is 207 g/mol. The third-order valence-corrected chi connectivity index (χ3v) is 2.64. The number of rotatable bonds is 3. The van der Waals surface area contributed by atoms with Crippen LogP contribution >= 0.6 is 0 Å². The average Bonchev–Trinajstić information content (AvgIpc) is 2.17. The summed E-state index contributed by atoms with van der Waals surface area (Å²) in [5, 5.41) is 8.80. The highest BCUT2D eigenvalue weighted by atomic mass is 16.3. The van der Waals surface area contributed by atoms with Gasteiger partial charge in [-0.25, -0.2) is 0 Å². The maximum atomic E-state index is 8.80. The van der Waals surface area contributed by atoms with Crippen molar-refractivity contribution in [2.45, 2.75) is 38.6 Å². The summed E-state index contributed by atoms with van der Waals surface area (Å²) in [4.78, 5) is 0. The van der Waals surface area contributed by atoms with Crippen LogP contribution in [0.1, 0.15) is 44.4 Å². The van der Waals surface area contributed by atoms with Crippen LogP contribution in [0.5, 0.6) is 0 Å². The number of aliphatic hydroxyl groups is 1. The van der Waals surface area contributed by atoms with Crippen LogP contribution in [-0.2, 0) is 5.41 Å². The Morgan fingerprint density at radius 1 is 1.20 bits per heavy atom. The van der Waals surface area contributed by atoms with Crippen molar-refractivity contribution >= 4 is 0 Å². The van der Waals surface area contributed by atoms with Gasteiger partial charge < -0.3 is 10.8 Å². The molecule has 2 nitrogen and oxygen atoms in total. The molecule has 0 unspecified atom stereocenters. The molecule has 1 aromatic carbocycles. The van der Waals surface area contributed by atoms with E-state index in [1.54, 1.807) is 0 Å². The molecule has 0 aliphatic heterocycles. The molecule has 0 amide bonds. The summed E-state index contributed by atoms with van der Waals surface area (Å²) < 4.78 is 0. The molecule has 0 aliphatic rings. The van der Waals surface area contributed by atoms with E-state index in [4.69, 9.17) is 10.8 Å². The topological polar surface area (TPSA) is 46.2 Å². The van der Waals surface area contributed by atoms with Gasteiger partial charge in [0.1, 0.15) is 0 Å². The van der Waals surface area contributed by atoms with Crippen molar-refractivity contribution in [1.29, 1.82) is 0 Å². The summed E-state index contributed by atoms with van der Waals surface area (Å²) in [7, 11) is 0. The van der Waals surface area contributed by atoms with Crippen LogP contribution in [-0.4, -0.2) is 11.7 Å². The van der Waals surface area contributed by atoms with Gasteiger partial charge in [-0.05, 0) is 23.0 Å². The second-order valence-corrected chi connectivity index (χ2v) is 4.99. The summed E-state index contributed by atoms with van der Waals surface area (Å²) in [6, 6.07) is 8.30. The molecule has 0 aliphatic carbocycles. The minimum atomic E-state index is -0.0518. The summed E-state index contributed by atoms with van der Waals surface area (Å²) in [6.45, 7) is 6.71. The fourth-order valence-corrected chi connectivity index (χ4v) is 1.54. The molecular formula is C13H21NO. The Morgan fingerprint density at radius 2 is 1.73 bits per heavy atom. The van der Waals surface area contributed by atoms with E-state index in [1.807, 2.05) is 0 Å². The molecule has 0 spiro atoms. The van der Waals surface area contributed by atoms with Crippen LogP contribution in [0.4, 0.5) is 0 Å². The zero-order valence-corrected chi connectivity index (χ0v) is 9.83. The molecule has 0 saturated carbocycles. The first kappa shape index (κ1) is 12.2. The van der Waals surface area contributed by atoms with E-state index in [-0.39, 0.29) is 18.1 Å². The zero-order chi connectivity index (χ0) is 11.5. The highest BCUT2D eigenvalue weighted by molar-refractivity contribution is 5.29. The Hall–Kier alpha value is -0.860. The third-order valence-electron chi connectivity index (χ3n) is 2.64. The minimum absolute atomic E-state index is 0.0518. The van der Waals surface area contributed by atoms with Gasteiger partial charge in [-0.3, -0.25) is 0 Å². The molecule has 0 fully saturated rings. The zero-order valence-electron chi connectivity index (χ0n) is 9.83. The van der Waals surface area contributed by atoms with Crippen LogP contribution in [0, 0.1) is 0 Å². The van der Waals surface area contributed by atoms with Crippen molar-refractivity contribution in [2.75, 3.05) is 6.61 Å². The Bertz CT molecular complexity index is 297. The molecule has 3 N–H and O–H groups in total. The van der Waals surface area contributed by atoms with Gasteiger partial charge in [-0.2, -0.15) is 0 Å². The second kappa shape index (κ2) is 4.77. The first-order valence-corrected chi connectivity index (χ1v) is 5.42. The smallest absolute Gasteiger partial charge is 0.0449 e. The SMILES string of the molecule is CC(C)(C)c1ccc([C@H](N)CCO)cc1. The molecule has 15 heavy (non-hydrogen) atoms. The lowest BCUT2D eigenvalue weighted by Gasteiger charge is -2.20. The second-order valence-electron chi connectivity index (χ2n) is 4.99. The van der Waals surface area contributed by atoms with E-state index >= 15 is 0 Å². The molecule has 2 heteroatoms. The molecule has 1 atom stereocenters. The molecule has 1 rings (SSSR count). The van der Waals surface area contributed by atoms with Crippen molar-refractivity contribution in [2.24, 2.45) is 5.73 Å². The number of nitrogens with two attached hydrogens (primary N) is 1. The Kier molecular flexibility index (Phi) is 3.89. The first-order chi connectivity index (χ1) is 6.95. The molecule has 0 bridgehead atoms. The fourth-order valence-electron chi connectivity index (χ4n) is 1.54. The quantitative estimate of drug-likeness (QED) is 0.799. The standard InChI is InChI=1S/C13H21NO/c1-13(2,3)11-6-4-10(5-7-11)12(14)8-9-15/h4-7,12,15H,8-9,14H2,1-3H3/t12-/m1/s1. The van der Waals surface area contributed by atoms with Crippen molar-refractivity contribution in [3.8, 4) is 0 Å². The van der Waals surface area contributed by atoms with E-state index in [1.165, 1.54) is 5.56 Å². The van der Waals surface area contributed by atoms with Crippen molar-refractivity contribution in [1.82, 2.24) is 0 Å². The lowest BCUT2D eigenvalue weighted by atomic mass is 9.86. The summed E-state index contributed by atoms with van der Waals surface area (Å²) in [5.41, 5.74) is 8.49. The maximum absolute atomic E-state index is 8.80. The van der Waals surface area contributed by atoms with Crippen LogP contribution < -0.4 is 5.73 Å². The van der Waals surface area contributed by atoms with E-state index < -0.39 is 0 Å². The predicted octanol–water partition coefficient (Wildman–Crippen LogP) is 2.37. The number of hydrogen-bond acceptors (Lipinski definition) is 2. The van der Waals surface area contributed by atoms with E-state index in [0.29, 0.717) is 6.42 Å². The Morgan fingerprint density at radius 3 is 2.13 bits per heavy atom. The lowest BCUT2D eigenvalue weighted by molar-refractivity contribution is 0.276. The molecule has 0 aromatic heterocycles. The maximum Gasteiger partial charge on any atom is 0.0449 e.